The minimum absolute atomic E-state index is 0.00255. The third-order valence-electron chi connectivity index (χ3n) is 6.43. The Balaban J connectivity index is 1.63. The van der Waals surface area contributed by atoms with Gasteiger partial charge >= 0.3 is 5.97 Å². The predicted molar refractivity (Wildman–Crippen MR) is 115 cm³/mol. The van der Waals surface area contributed by atoms with Crippen molar-refractivity contribution >= 4 is 17.6 Å². The van der Waals surface area contributed by atoms with Crippen molar-refractivity contribution in [3.8, 4) is 11.8 Å². The molecule has 2 aliphatic carbocycles. The first kappa shape index (κ1) is 23.1. The molecule has 0 heterocycles. The lowest BCUT2D eigenvalue weighted by Crippen LogP contribution is -2.19. The fraction of sp³-hybridized carbons (Fsp3) is 0.625. The van der Waals surface area contributed by atoms with Gasteiger partial charge in [0.25, 0.3) is 0 Å². The van der Waals surface area contributed by atoms with Crippen LogP contribution in [0.15, 0.2) is 24.3 Å². The number of benzene rings is 1. The van der Waals surface area contributed by atoms with Gasteiger partial charge in [0.15, 0.2) is 0 Å². The predicted octanol–water partition coefficient (Wildman–Crippen LogP) is 3.87. The summed E-state index contributed by atoms with van der Waals surface area (Å²) in [5, 5.41) is 29.7. The van der Waals surface area contributed by atoms with Gasteiger partial charge in [0.05, 0.1) is 12.2 Å². The molecule has 5 unspecified atom stereocenters. The van der Waals surface area contributed by atoms with Crippen molar-refractivity contribution in [3.63, 3.8) is 0 Å². The van der Waals surface area contributed by atoms with E-state index in [0.29, 0.717) is 18.8 Å². The topological polar surface area (TPSA) is 87.0 Å². The zero-order valence-electron chi connectivity index (χ0n) is 17.2. The Morgan fingerprint density at radius 3 is 2.53 bits per heavy atom. The van der Waals surface area contributed by atoms with Crippen LogP contribution >= 0.6 is 11.6 Å². The Morgan fingerprint density at radius 2 is 1.87 bits per heavy atom. The van der Waals surface area contributed by atoms with Gasteiger partial charge in [0, 0.05) is 17.7 Å². The molecule has 30 heavy (non-hydrogen) atoms. The van der Waals surface area contributed by atoms with E-state index in [1.165, 1.54) is 19.3 Å². The van der Waals surface area contributed by atoms with Gasteiger partial charge in [0.1, 0.15) is 13.2 Å². The highest BCUT2D eigenvalue weighted by molar-refractivity contribution is 6.21. The maximum atomic E-state index is 10.7. The second-order valence-electron chi connectivity index (χ2n) is 8.46. The number of halogens is 1. The van der Waals surface area contributed by atoms with Crippen LogP contribution in [0.5, 0.6) is 0 Å². The van der Waals surface area contributed by atoms with Gasteiger partial charge in [-0.2, -0.15) is 0 Å². The van der Waals surface area contributed by atoms with E-state index < -0.39 is 18.2 Å². The molecule has 0 radical (unpaired) electrons. The molecule has 164 valence electrons. The minimum Gasteiger partial charge on any atom is -0.480 e. The second kappa shape index (κ2) is 11.2. The highest BCUT2D eigenvalue weighted by Gasteiger charge is 2.42. The summed E-state index contributed by atoms with van der Waals surface area (Å²) in [5.74, 6) is 5.06. The third-order valence-corrected chi connectivity index (χ3v) is 6.93. The van der Waals surface area contributed by atoms with Crippen molar-refractivity contribution in [2.75, 3.05) is 13.2 Å². The SMILES string of the molecule is O=C(O)COCC#CCC1C(Cl)CC(O)C1c1ccc(C(O)C2CCCCC2)cc1. The Labute approximate surface area is 183 Å². The first-order valence-corrected chi connectivity index (χ1v) is 11.3. The van der Waals surface area contributed by atoms with Crippen LogP contribution < -0.4 is 0 Å². The standard InChI is InChI=1S/C24H31ClO5/c25-20-14-21(26)23(19(20)8-4-5-13-30-15-22(27)28)16-9-11-18(12-10-16)24(29)17-6-2-1-3-7-17/h9-12,17,19-21,23-24,26,29H,1-3,6-8,13-15H2,(H,27,28). The number of aliphatic hydroxyl groups excluding tert-OH is 2. The van der Waals surface area contributed by atoms with Gasteiger partial charge in [-0.3, -0.25) is 0 Å². The van der Waals surface area contributed by atoms with Crippen molar-refractivity contribution in [3.05, 3.63) is 35.4 Å². The molecule has 3 N–H and O–H groups in total. The first-order valence-electron chi connectivity index (χ1n) is 10.8. The number of hydrogen-bond acceptors (Lipinski definition) is 4. The Morgan fingerprint density at radius 1 is 1.17 bits per heavy atom. The maximum Gasteiger partial charge on any atom is 0.329 e. The number of rotatable bonds is 7. The highest BCUT2D eigenvalue weighted by Crippen LogP contribution is 2.44. The van der Waals surface area contributed by atoms with E-state index in [1.54, 1.807) is 0 Å². The van der Waals surface area contributed by atoms with Crippen LogP contribution in [0, 0.1) is 23.7 Å². The summed E-state index contributed by atoms with van der Waals surface area (Å²) in [7, 11) is 0. The molecule has 0 amide bonds. The van der Waals surface area contributed by atoms with E-state index in [-0.39, 0.29) is 30.4 Å². The van der Waals surface area contributed by atoms with E-state index in [0.717, 1.165) is 24.0 Å². The van der Waals surface area contributed by atoms with Crippen LogP contribution in [0.2, 0.25) is 0 Å². The van der Waals surface area contributed by atoms with Crippen LogP contribution in [0.3, 0.4) is 0 Å². The maximum absolute atomic E-state index is 10.7. The van der Waals surface area contributed by atoms with Crippen molar-refractivity contribution in [1.82, 2.24) is 0 Å². The molecule has 6 heteroatoms. The molecular formula is C24H31ClO5. The smallest absolute Gasteiger partial charge is 0.329 e. The molecule has 1 aromatic rings. The summed E-state index contributed by atoms with van der Waals surface area (Å²) in [5.41, 5.74) is 1.95. The zero-order chi connectivity index (χ0) is 21.5. The van der Waals surface area contributed by atoms with E-state index >= 15 is 0 Å². The molecule has 2 aliphatic rings. The number of aliphatic hydroxyl groups is 2. The molecule has 0 spiro atoms. The lowest BCUT2D eigenvalue weighted by molar-refractivity contribution is -0.141. The summed E-state index contributed by atoms with van der Waals surface area (Å²) >= 11 is 6.51. The summed E-state index contributed by atoms with van der Waals surface area (Å²) in [6.07, 6.45) is 5.86. The fourth-order valence-electron chi connectivity index (χ4n) is 4.85. The molecule has 3 rings (SSSR count). The summed E-state index contributed by atoms with van der Waals surface area (Å²) in [6.45, 7) is -0.302. The zero-order valence-corrected chi connectivity index (χ0v) is 17.9. The summed E-state index contributed by atoms with van der Waals surface area (Å²) < 4.78 is 4.93. The molecule has 0 bridgehead atoms. The average molecular weight is 435 g/mol. The number of aliphatic carboxylic acids is 1. The lowest BCUT2D eigenvalue weighted by Gasteiger charge is -2.27. The molecule has 2 saturated carbocycles. The first-order chi connectivity index (χ1) is 14.5. The number of carboxylic acid groups (broad SMARTS) is 1. The number of alkyl halides is 1. The largest absolute Gasteiger partial charge is 0.480 e. The monoisotopic (exact) mass is 434 g/mol. The highest BCUT2D eigenvalue weighted by atomic mass is 35.5. The Bertz CT molecular complexity index is 747. The molecule has 5 nitrogen and oxygen atoms in total. The van der Waals surface area contributed by atoms with E-state index in [2.05, 4.69) is 11.8 Å². The van der Waals surface area contributed by atoms with Crippen molar-refractivity contribution in [1.29, 1.82) is 0 Å². The van der Waals surface area contributed by atoms with Crippen molar-refractivity contribution in [2.45, 2.75) is 68.4 Å². The minimum atomic E-state index is -1.02. The van der Waals surface area contributed by atoms with Gasteiger partial charge < -0.3 is 20.1 Å². The lowest BCUT2D eigenvalue weighted by atomic mass is 9.81. The van der Waals surface area contributed by atoms with Crippen LogP contribution in [-0.4, -0.2) is 46.0 Å². The van der Waals surface area contributed by atoms with Crippen LogP contribution in [0.4, 0.5) is 0 Å². The molecule has 0 aliphatic heterocycles. The van der Waals surface area contributed by atoms with Gasteiger partial charge in [-0.15, -0.1) is 17.5 Å². The van der Waals surface area contributed by atoms with Crippen molar-refractivity contribution in [2.24, 2.45) is 11.8 Å². The number of hydrogen-bond donors (Lipinski definition) is 3. The molecule has 5 atom stereocenters. The average Bonchev–Trinajstić information content (AvgIpc) is 3.03. The molecular weight excluding hydrogens is 404 g/mol. The van der Waals surface area contributed by atoms with Crippen LogP contribution in [-0.2, 0) is 9.53 Å². The van der Waals surface area contributed by atoms with Crippen LogP contribution in [0.1, 0.15) is 68.1 Å². The number of carboxylic acids is 1. The van der Waals surface area contributed by atoms with Gasteiger partial charge in [-0.05, 0) is 42.2 Å². The van der Waals surface area contributed by atoms with Crippen LogP contribution in [0.25, 0.3) is 0 Å². The molecule has 2 fully saturated rings. The van der Waals surface area contributed by atoms with E-state index in [4.69, 9.17) is 21.4 Å². The third kappa shape index (κ3) is 5.98. The summed E-state index contributed by atoms with van der Waals surface area (Å²) in [4.78, 5) is 10.4. The number of ether oxygens (including phenoxy) is 1. The number of carbonyl (C=O) groups is 1. The van der Waals surface area contributed by atoms with Crippen molar-refractivity contribution < 1.29 is 24.9 Å². The summed E-state index contributed by atoms with van der Waals surface area (Å²) in [6, 6.07) is 7.96. The van der Waals surface area contributed by atoms with E-state index in [9.17, 15) is 15.0 Å². The van der Waals surface area contributed by atoms with E-state index in [1.807, 2.05) is 24.3 Å². The molecule has 0 saturated heterocycles. The fourth-order valence-corrected chi connectivity index (χ4v) is 5.28. The molecule has 0 aromatic heterocycles. The van der Waals surface area contributed by atoms with Gasteiger partial charge in [-0.1, -0.05) is 49.4 Å². The Hall–Kier alpha value is -1.58. The quantitative estimate of drug-likeness (QED) is 0.344. The molecule has 1 aromatic carbocycles. The van der Waals surface area contributed by atoms with Gasteiger partial charge in [-0.25, -0.2) is 4.79 Å². The van der Waals surface area contributed by atoms with Gasteiger partial charge in [0.2, 0.25) is 0 Å². The Kier molecular flexibility index (Phi) is 8.59. The second-order valence-corrected chi connectivity index (χ2v) is 9.02. The normalized spacial score (nSPS) is 28.0.